The molecule has 0 aromatic heterocycles. The summed E-state index contributed by atoms with van der Waals surface area (Å²) in [5, 5.41) is 12.3. The second kappa shape index (κ2) is 6.87. The van der Waals surface area contributed by atoms with Gasteiger partial charge in [0.1, 0.15) is 11.6 Å². The number of hydrogen-bond acceptors (Lipinski definition) is 3. The van der Waals surface area contributed by atoms with Gasteiger partial charge in [-0.3, -0.25) is 0 Å². The molecular formula is C15H24FNO2. The summed E-state index contributed by atoms with van der Waals surface area (Å²) in [6.45, 7) is 6.97. The topological polar surface area (TPSA) is 41.5 Å². The molecule has 19 heavy (non-hydrogen) atoms. The lowest BCUT2D eigenvalue weighted by atomic mass is 9.89. The van der Waals surface area contributed by atoms with Crippen LogP contribution in [0.5, 0.6) is 5.75 Å². The summed E-state index contributed by atoms with van der Waals surface area (Å²) in [5.41, 5.74) is 0.618. The Labute approximate surface area is 114 Å². The van der Waals surface area contributed by atoms with Crippen LogP contribution < -0.4 is 10.1 Å². The summed E-state index contributed by atoms with van der Waals surface area (Å²) in [5.74, 6) is 0.258. The van der Waals surface area contributed by atoms with E-state index in [1.54, 1.807) is 12.1 Å². The van der Waals surface area contributed by atoms with Gasteiger partial charge in [-0.2, -0.15) is 0 Å². The third kappa shape index (κ3) is 4.80. The average Bonchev–Trinajstić information content (AvgIpc) is 2.36. The lowest BCUT2D eigenvalue weighted by molar-refractivity contribution is 0.203. The highest BCUT2D eigenvalue weighted by molar-refractivity contribution is 5.30. The smallest absolute Gasteiger partial charge is 0.131 e. The quantitative estimate of drug-likeness (QED) is 0.799. The van der Waals surface area contributed by atoms with Gasteiger partial charge in [0.15, 0.2) is 0 Å². The lowest BCUT2D eigenvalue weighted by Gasteiger charge is -2.26. The number of benzene rings is 1. The van der Waals surface area contributed by atoms with Gasteiger partial charge < -0.3 is 15.2 Å². The summed E-state index contributed by atoms with van der Waals surface area (Å²) in [6.07, 6.45) is 0.720. The van der Waals surface area contributed by atoms with Crippen molar-refractivity contribution in [2.45, 2.75) is 33.2 Å². The van der Waals surface area contributed by atoms with E-state index in [2.05, 4.69) is 19.2 Å². The third-order valence-corrected chi connectivity index (χ3v) is 3.35. The normalized spacial score (nSPS) is 13.4. The number of aliphatic hydroxyl groups excluding tert-OH is 1. The highest BCUT2D eigenvalue weighted by Crippen LogP contribution is 2.24. The number of methoxy groups -OCH3 is 1. The van der Waals surface area contributed by atoms with E-state index in [0.29, 0.717) is 11.3 Å². The third-order valence-electron chi connectivity index (χ3n) is 3.35. The number of hydrogen-bond donors (Lipinski definition) is 2. The Morgan fingerprint density at radius 3 is 2.63 bits per heavy atom. The fourth-order valence-electron chi connectivity index (χ4n) is 1.92. The molecule has 0 spiro atoms. The van der Waals surface area contributed by atoms with E-state index in [0.717, 1.165) is 13.0 Å². The van der Waals surface area contributed by atoms with Gasteiger partial charge in [0.05, 0.1) is 7.11 Å². The van der Waals surface area contributed by atoms with Crippen molar-refractivity contribution < 1.29 is 14.2 Å². The Hall–Kier alpha value is -1.13. The molecule has 0 saturated carbocycles. The molecule has 1 unspecified atom stereocenters. The lowest BCUT2D eigenvalue weighted by Crippen LogP contribution is -2.32. The highest BCUT2D eigenvalue weighted by atomic mass is 19.1. The number of nitrogens with one attached hydrogen (secondary N) is 1. The van der Waals surface area contributed by atoms with Crippen LogP contribution in [0, 0.1) is 11.2 Å². The molecule has 0 aliphatic rings. The van der Waals surface area contributed by atoms with Gasteiger partial charge in [0.25, 0.3) is 0 Å². The maximum Gasteiger partial charge on any atom is 0.131 e. The van der Waals surface area contributed by atoms with E-state index in [-0.39, 0.29) is 23.9 Å². The van der Waals surface area contributed by atoms with Crippen molar-refractivity contribution in [3.05, 3.63) is 29.6 Å². The van der Waals surface area contributed by atoms with Crippen LogP contribution in [-0.4, -0.2) is 25.4 Å². The monoisotopic (exact) mass is 269 g/mol. The van der Waals surface area contributed by atoms with Gasteiger partial charge in [0, 0.05) is 30.8 Å². The largest absolute Gasteiger partial charge is 0.497 e. The minimum Gasteiger partial charge on any atom is -0.497 e. The molecular weight excluding hydrogens is 245 g/mol. The first-order valence-electron chi connectivity index (χ1n) is 6.57. The van der Waals surface area contributed by atoms with Crippen LogP contribution in [0.4, 0.5) is 4.39 Å². The molecule has 0 aliphatic heterocycles. The first-order chi connectivity index (χ1) is 8.89. The average molecular weight is 269 g/mol. The molecule has 0 radical (unpaired) electrons. The first-order valence-corrected chi connectivity index (χ1v) is 6.57. The summed E-state index contributed by atoms with van der Waals surface area (Å²) < 4.78 is 18.9. The predicted molar refractivity (Wildman–Crippen MR) is 74.9 cm³/mol. The Balaban J connectivity index is 2.65. The van der Waals surface area contributed by atoms with Crippen LogP contribution >= 0.6 is 0 Å². The molecule has 0 heterocycles. The molecule has 0 bridgehead atoms. The Bertz CT molecular complexity index is 407. The molecule has 3 nitrogen and oxygen atoms in total. The van der Waals surface area contributed by atoms with Crippen molar-refractivity contribution in [2.75, 3.05) is 20.3 Å². The zero-order chi connectivity index (χ0) is 14.5. The van der Waals surface area contributed by atoms with Crippen LogP contribution in [0.3, 0.4) is 0 Å². The van der Waals surface area contributed by atoms with Crippen molar-refractivity contribution in [3.8, 4) is 5.75 Å². The van der Waals surface area contributed by atoms with Gasteiger partial charge in [0.2, 0.25) is 0 Å². The molecule has 1 rings (SSSR count). The van der Waals surface area contributed by atoms with E-state index in [4.69, 9.17) is 9.84 Å². The SMILES string of the molecule is COc1ccc(C(C)NCC(C)(C)CCO)c(F)c1. The molecule has 1 atom stereocenters. The van der Waals surface area contributed by atoms with Gasteiger partial charge in [-0.05, 0) is 24.8 Å². The fourth-order valence-corrected chi connectivity index (χ4v) is 1.92. The minimum atomic E-state index is -0.265. The Morgan fingerprint density at radius 1 is 1.42 bits per heavy atom. The zero-order valence-corrected chi connectivity index (χ0v) is 12.2. The molecule has 0 aliphatic carbocycles. The molecule has 1 aromatic rings. The number of ether oxygens (including phenoxy) is 1. The Kier molecular flexibility index (Phi) is 5.76. The Morgan fingerprint density at radius 2 is 2.11 bits per heavy atom. The summed E-state index contributed by atoms with van der Waals surface area (Å²) in [4.78, 5) is 0. The van der Waals surface area contributed by atoms with Crippen molar-refractivity contribution in [2.24, 2.45) is 5.41 Å². The minimum absolute atomic E-state index is 0.00798. The molecule has 108 valence electrons. The van der Waals surface area contributed by atoms with E-state index in [1.807, 2.05) is 6.92 Å². The van der Waals surface area contributed by atoms with Gasteiger partial charge >= 0.3 is 0 Å². The van der Waals surface area contributed by atoms with E-state index in [1.165, 1.54) is 13.2 Å². The standard InChI is InChI=1S/C15H24FNO2/c1-11(17-10-15(2,3)7-8-18)13-6-5-12(19-4)9-14(13)16/h5-6,9,11,17-18H,7-8,10H2,1-4H3. The van der Waals surface area contributed by atoms with Crippen LogP contribution in [0.25, 0.3) is 0 Å². The first kappa shape index (κ1) is 15.9. The predicted octanol–water partition coefficient (Wildman–Crippen LogP) is 2.89. The van der Waals surface area contributed by atoms with Gasteiger partial charge in [-0.1, -0.05) is 19.9 Å². The second-order valence-corrected chi connectivity index (χ2v) is 5.63. The van der Waals surface area contributed by atoms with Crippen LogP contribution in [-0.2, 0) is 0 Å². The molecule has 1 aromatic carbocycles. The fraction of sp³-hybridized carbons (Fsp3) is 0.600. The van der Waals surface area contributed by atoms with Crippen LogP contribution in [0.15, 0.2) is 18.2 Å². The van der Waals surface area contributed by atoms with Crippen molar-refractivity contribution >= 4 is 0 Å². The van der Waals surface area contributed by atoms with E-state index < -0.39 is 0 Å². The molecule has 0 fully saturated rings. The van der Waals surface area contributed by atoms with Gasteiger partial charge in [-0.15, -0.1) is 0 Å². The number of halogens is 1. The maximum atomic E-state index is 13.9. The number of rotatable bonds is 7. The summed E-state index contributed by atoms with van der Waals surface area (Å²) >= 11 is 0. The zero-order valence-electron chi connectivity index (χ0n) is 12.2. The second-order valence-electron chi connectivity index (χ2n) is 5.63. The maximum absolute atomic E-state index is 13.9. The number of aliphatic hydroxyl groups is 1. The highest BCUT2D eigenvalue weighted by Gasteiger charge is 2.19. The van der Waals surface area contributed by atoms with E-state index >= 15 is 0 Å². The molecule has 0 amide bonds. The summed E-state index contributed by atoms with van der Waals surface area (Å²) in [7, 11) is 1.52. The molecule has 4 heteroatoms. The summed E-state index contributed by atoms with van der Waals surface area (Å²) in [6, 6.07) is 4.82. The van der Waals surface area contributed by atoms with Crippen LogP contribution in [0.2, 0.25) is 0 Å². The van der Waals surface area contributed by atoms with Crippen molar-refractivity contribution in [3.63, 3.8) is 0 Å². The van der Waals surface area contributed by atoms with Crippen molar-refractivity contribution in [1.29, 1.82) is 0 Å². The molecule has 2 N–H and O–H groups in total. The van der Waals surface area contributed by atoms with Gasteiger partial charge in [-0.25, -0.2) is 4.39 Å². The molecule has 0 saturated heterocycles. The van der Waals surface area contributed by atoms with E-state index in [9.17, 15) is 4.39 Å². The van der Waals surface area contributed by atoms with Crippen molar-refractivity contribution in [1.82, 2.24) is 5.32 Å². The van der Waals surface area contributed by atoms with Crippen LogP contribution in [0.1, 0.15) is 38.8 Å².